The smallest absolute Gasteiger partial charge is 0.417 e. The van der Waals surface area contributed by atoms with Crippen LogP contribution in [-0.4, -0.2) is 34.0 Å². The SMILES string of the molecule is C[C@@H]1[C@H]2C[C@@H](Oc3ccc(C(F)(F)F)cn3)[C@H](C2)N1C(=O)c1cccc(-c2ccc(F)cc2)c1. The van der Waals surface area contributed by atoms with E-state index in [0.29, 0.717) is 12.0 Å². The number of hydrogen-bond acceptors (Lipinski definition) is 3. The maximum absolute atomic E-state index is 13.5. The molecular weight excluding hydrogens is 448 g/mol. The number of likely N-dealkylation sites (tertiary alicyclic amines) is 1. The van der Waals surface area contributed by atoms with Crippen LogP contribution in [0.25, 0.3) is 11.1 Å². The standard InChI is InChI=1S/C26H22F4N2O2/c1-15-19-12-22(23(13-19)34-24-10-7-20(14-31-24)26(28,29)30)32(15)25(33)18-4-2-3-17(11-18)16-5-8-21(27)9-6-16/h2-11,14-15,19,22-23H,12-13H2,1H3/t15-,19-,22+,23-/m1/s1. The Morgan fingerprint density at radius 2 is 1.79 bits per heavy atom. The van der Waals surface area contributed by atoms with Crippen molar-refractivity contribution in [3.8, 4) is 17.0 Å². The highest BCUT2D eigenvalue weighted by Crippen LogP contribution is 2.44. The lowest BCUT2D eigenvalue weighted by atomic mass is 9.97. The van der Waals surface area contributed by atoms with Gasteiger partial charge < -0.3 is 9.64 Å². The first-order valence-electron chi connectivity index (χ1n) is 11.1. The van der Waals surface area contributed by atoms with Crippen molar-refractivity contribution in [3.63, 3.8) is 0 Å². The first-order chi connectivity index (χ1) is 16.2. The van der Waals surface area contributed by atoms with E-state index in [1.54, 1.807) is 30.3 Å². The largest absolute Gasteiger partial charge is 0.472 e. The van der Waals surface area contributed by atoms with Crippen LogP contribution < -0.4 is 4.74 Å². The topological polar surface area (TPSA) is 42.4 Å². The second-order valence-electron chi connectivity index (χ2n) is 8.88. The molecule has 3 aromatic rings. The minimum Gasteiger partial charge on any atom is -0.472 e. The van der Waals surface area contributed by atoms with Crippen molar-refractivity contribution >= 4 is 5.91 Å². The van der Waals surface area contributed by atoms with E-state index in [9.17, 15) is 22.4 Å². The van der Waals surface area contributed by atoms with Crippen molar-refractivity contribution in [2.24, 2.45) is 5.92 Å². The predicted molar refractivity (Wildman–Crippen MR) is 118 cm³/mol. The van der Waals surface area contributed by atoms with Gasteiger partial charge in [0.25, 0.3) is 5.91 Å². The number of benzene rings is 2. The minimum absolute atomic E-state index is 0.0207. The molecule has 2 aliphatic rings. The third-order valence-corrected chi connectivity index (χ3v) is 6.84. The maximum atomic E-state index is 13.5. The summed E-state index contributed by atoms with van der Waals surface area (Å²) in [4.78, 5) is 19.2. The average Bonchev–Trinajstić information content (AvgIpc) is 3.36. The summed E-state index contributed by atoms with van der Waals surface area (Å²) in [5, 5.41) is 0. The third-order valence-electron chi connectivity index (χ3n) is 6.84. The lowest BCUT2D eigenvalue weighted by molar-refractivity contribution is -0.137. The molecule has 1 saturated carbocycles. The summed E-state index contributed by atoms with van der Waals surface area (Å²) in [5.74, 6) is -0.0956. The molecule has 0 radical (unpaired) electrons. The number of alkyl halides is 3. The Morgan fingerprint density at radius 1 is 1.03 bits per heavy atom. The number of carbonyl (C=O) groups is 1. The number of aromatic nitrogens is 1. The average molecular weight is 470 g/mol. The summed E-state index contributed by atoms with van der Waals surface area (Å²) in [7, 11) is 0. The van der Waals surface area contributed by atoms with Gasteiger partial charge in [0.15, 0.2) is 0 Å². The van der Waals surface area contributed by atoms with Crippen LogP contribution in [0.1, 0.15) is 35.7 Å². The van der Waals surface area contributed by atoms with E-state index in [-0.39, 0.29) is 41.7 Å². The lowest BCUT2D eigenvalue weighted by Crippen LogP contribution is -2.51. The number of ether oxygens (including phenoxy) is 1. The molecule has 0 spiro atoms. The zero-order chi connectivity index (χ0) is 24.0. The van der Waals surface area contributed by atoms with E-state index in [1.807, 2.05) is 17.9 Å². The lowest BCUT2D eigenvalue weighted by Gasteiger charge is -2.37. The van der Waals surface area contributed by atoms with Gasteiger partial charge in [-0.3, -0.25) is 4.79 Å². The molecule has 2 heterocycles. The van der Waals surface area contributed by atoms with Crippen molar-refractivity contribution in [1.82, 2.24) is 9.88 Å². The van der Waals surface area contributed by atoms with E-state index in [2.05, 4.69) is 4.98 Å². The Morgan fingerprint density at radius 3 is 2.44 bits per heavy atom. The molecule has 2 aromatic carbocycles. The molecule has 34 heavy (non-hydrogen) atoms. The summed E-state index contributed by atoms with van der Waals surface area (Å²) < 4.78 is 57.6. The second kappa shape index (κ2) is 8.42. The van der Waals surface area contributed by atoms with Crippen LogP contribution in [-0.2, 0) is 6.18 Å². The Hall–Kier alpha value is -3.42. The number of nitrogens with zero attached hydrogens (tertiary/aromatic N) is 2. The molecule has 0 N–H and O–H groups in total. The molecule has 1 aromatic heterocycles. The number of pyridine rings is 1. The summed E-state index contributed by atoms with van der Waals surface area (Å²) in [5.41, 5.74) is 1.30. The van der Waals surface area contributed by atoms with Crippen LogP contribution in [0.15, 0.2) is 66.9 Å². The highest BCUT2D eigenvalue weighted by molar-refractivity contribution is 5.96. The Bertz CT molecular complexity index is 1190. The van der Waals surface area contributed by atoms with Crippen molar-refractivity contribution in [3.05, 3.63) is 83.8 Å². The molecule has 2 fully saturated rings. The maximum Gasteiger partial charge on any atom is 0.417 e. The minimum atomic E-state index is -4.46. The number of carbonyl (C=O) groups excluding carboxylic acids is 1. The zero-order valence-electron chi connectivity index (χ0n) is 18.3. The summed E-state index contributed by atoms with van der Waals surface area (Å²) in [6, 6.07) is 15.3. The highest BCUT2D eigenvalue weighted by atomic mass is 19.4. The number of hydrogen-bond donors (Lipinski definition) is 0. The van der Waals surface area contributed by atoms with Gasteiger partial charge in [0.2, 0.25) is 5.88 Å². The van der Waals surface area contributed by atoms with Crippen LogP contribution in [0.3, 0.4) is 0 Å². The van der Waals surface area contributed by atoms with E-state index in [0.717, 1.165) is 29.8 Å². The molecule has 5 rings (SSSR count). The van der Waals surface area contributed by atoms with Crippen molar-refractivity contribution in [2.45, 2.75) is 44.1 Å². The Kier molecular flexibility index (Phi) is 5.54. The molecular formula is C26H22F4N2O2. The van der Waals surface area contributed by atoms with Crippen LogP contribution in [0.5, 0.6) is 5.88 Å². The van der Waals surface area contributed by atoms with Gasteiger partial charge in [0.1, 0.15) is 11.9 Å². The van der Waals surface area contributed by atoms with Crippen molar-refractivity contribution in [2.75, 3.05) is 0 Å². The number of fused-ring (bicyclic) bond motifs is 2. The monoisotopic (exact) mass is 470 g/mol. The van der Waals surface area contributed by atoms with Gasteiger partial charge in [-0.15, -0.1) is 0 Å². The first kappa shape index (κ1) is 22.4. The van der Waals surface area contributed by atoms with Crippen LogP contribution in [0.2, 0.25) is 0 Å². The quantitative estimate of drug-likeness (QED) is 0.441. The molecule has 2 bridgehead atoms. The molecule has 1 aliphatic carbocycles. The zero-order valence-corrected chi connectivity index (χ0v) is 18.3. The fourth-order valence-electron chi connectivity index (χ4n) is 5.09. The van der Waals surface area contributed by atoms with E-state index in [1.165, 1.54) is 18.2 Å². The van der Waals surface area contributed by atoms with Gasteiger partial charge in [-0.25, -0.2) is 9.37 Å². The summed E-state index contributed by atoms with van der Waals surface area (Å²) >= 11 is 0. The van der Waals surface area contributed by atoms with Crippen molar-refractivity contribution in [1.29, 1.82) is 0 Å². The first-order valence-corrected chi connectivity index (χ1v) is 11.1. The fourth-order valence-corrected chi connectivity index (χ4v) is 5.09. The summed E-state index contributed by atoms with van der Waals surface area (Å²) in [6.45, 7) is 2.01. The van der Waals surface area contributed by atoms with Gasteiger partial charge in [-0.2, -0.15) is 13.2 Å². The van der Waals surface area contributed by atoms with Gasteiger partial charge in [0.05, 0.1) is 11.6 Å². The third kappa shape index (κ3) is 4.13. The number of halogens is 4. The molecule has 4 nitrogen and oxygen atoms in total. The van der Waals surface area contributed by atoms with Gasteiger partial charge in [-0.1, -0.05) is 24.3 Å². The van der Waals surface area contributed by atoms with E-state index < -0.39 is 11.7 Å². The molecule has 8 heteroatoms. The number of piperidine rings is 1. The van der Waals surface area contributed by atoms with Crippen LogP contribution in [0, 0.1) is 11.7 Å². The van der Waals surface area contributed by atoms with Crippen molar-refractivity contribution < 1.29 is 27.1 Å². The summed E-state index contributed by atoms with van der Waals surface area (Å²) in [6.07, 6.45) is -2.55. The Balaban J connectivity index is 1.34. The van der Waals surface area contributed by atoms with E-state index >= 15 is 0 Å². The normalized spacial score (nSPS) is 23.9. The number of rotatable bonds is 4. The second-order valence-corrected chi connectivity index (χ2v) is 8.88. The fraction of sp³-hybridized carbons (Fsp3) is 0.308. The Labute approximate surface area is 194 Å². The van der Waals surface area contributed by atoms with Gasteiger partial charge in [0, 0.05) is 23.9 Å². The van der Waals surface area contributed by atoms with Gasteiger partial charge >= 0.3 is 6.18 Å². The molecule has 1 amide bonds. The number of amides is 1. The highest BCUT2D eigenvalue weighted by Gasteiger charge is 2.52. The predicted octanol–water partition coefficient (Wildman–Crippen LogP) is 5.98. The molecule has 1 saturated heterocycles. The van der Waals surface area contributed by atoms with Crippen LogP contribution in [0.4, 0.5) is 17.6 Å². The molecule has 0 unspecified atom stereocenters. The van der Waals surface area contributed by atoms with E-state index in [4.69, 9.17) is 4.74 Å². The molecule has 176 valence electrons. The van der Waals surface area contributed by atoms with Gasteiger partial charge in [-0.05, 0) is 67.1 Å². The molecule has 4 atom stereocenters. The van der Waals surface area contributed by atoms with Crippen LogP contribution >= 0.6 is 0 Å². The molecule has 1 aliphatic heterocycles.